The zero-order chi connectivity index (χ0) is 16.0. The van der Waals surface area contributed by atoms with Crippen molar-refractivity contribution >= 4 is 31.6 Å². The molecule has 0 unspecified atom stereocenters. The van der Waals surface area contributed by atoms with Crippen molar-refractivity contribution in [3.8, 4) is 0 Å². The van der Waals surface area contributed by atoms with Gasteiger partial charge in [-0.3, -0.25) is 0 Å². The van der Waals surface area contributed by atoms with E-state index >= 15 is 0 Å². The minimum atomic E-state index is -3.47. The number of nitrogens with one attached hydrogen (secondary N) is 1. The van der Waals surface area contributed by atoms with E-state index in [1.807, 2.05) is 0 Å². The molecule has 0 aromatic heterocycles. The van der Waals surface area contributed by atoms with E-state index in [0.29, 0.717) is 22.7 Å². The Balaban J connectivity index is 2.45. The van der Waals surface area contributed by atoms with E-state index in [2.05, 4.69) is 46.4 Å². The van der Waals surface area contributed by atoms with Gasteiger partial charge in [-0.05, 0) is 74.4 Å². The SMILES string of the molecule is CC(C)N(C)CCCCNS(=O)(=O)c1ccc(N)c(Br)c1. The number of unbranched alkanes of at least 4 members (excludes halogenated alkanes) is 1. The lowest BCUT2D eigenvalue weighted by molar-refractivity contribution is 0.268. The highest BCUT2D eigenvalue weighted by atomic mass is 79.9. The van der Waals surface area contributed by atoms with Crippen LogP contribution in [0.5, 0.6) is 0 Å². The van der Waals surface area contributed by atoms with Crippen LogP contribution >= 0.6 is 15.9 Å². The second kappa shape index (κ2) is 8.12. The van der Waals surface area contributed by atoms with Gasteiger partial charge in [-0.1, -0.05) is 0 Å². The minimum absolute atomic E-state index is 0.225. The van der Waals surface area contributed by atoms with Crippen LogP contribution in [-0.4, -0.2) is 39.5 Å². The Labute approximate surface area is 136 Å². The van der Waals surface area contributed by atoms with Crippen molar-refractivity contribution in [3.63, 3.8) is 0 Å². The molecule has 21 heavy (non-hydrogen) atoms. The Morgan fingerprint density at radius 2 is 2.00 bits per heavy atom. The third-order valence-corrected chi connectivity index (χ3v) is 5.54. The molecule has 120 valence electrons. The summed E-state index contributed by atoms with van der Waals surface area (Å²) in [5.41, 5.74) is 6.18. The van der Waals surface area contributed by atoms with Crippen LogP contribution in [0.4, 0.5) is 5.69 Å². The third kappa shape index (κ3) is 5.94. The van der Waals surface area contributed by atoms with Crippen LogP contribution in [0.15, 0.2) is 27.6 Å². The van der Waals surface area contributed by atoms with Crippen LogP contribution < -0.4 is 10.5 Å². The highest BCUT2D eigenvalue weighted by Gasteiger charge is 2.14. The molecule has 0 spiro atoms. The molecule has 0 fully saturated rings. The normalized spacial score (nSPS) is 12.3. The largest absolute Gasteiger partial charge is 0.398 e. The molecule has 5 nitrogen and oxygen atoms in total. The van der Waals surface area contributed by atoms with Crippen LogP contribution in [-0.2, 0) is 10.0 Å². The van der Waals surface area contributed by atoms with Crippen molar-refractivity contribution in [2.45, 2.75) is 37.6 Å². The van der Waals surface area contributed by atoms with Gasteiger partial charge in [0.25, 0.3) is 0 Å². The standard InChI is InChI=1S/C14H24BrN3O2S/c1-11(2)18(3)9-5-4-8-17-21(19,20)12-6-7-14(16)13(15)10-12/h6-7,10-11,17H,4-5,8-9,16H2,1-3H3. The van der Waals surface area contributed by atoms with Crippen molar-refractivity contribution in [1.82, 2.24) is 9.62 Å². The Hall–Kier alpha value is -0.630. The van der Waals surface area contributed by atoms with Gasteiger partial charge < -0.3 is 10.6 Å². The Morgan fingerprint density at radius 1 is 1.33 bits per heavy atom. The summed E-state index contributed by atoms with van der Waals surface area (Å²) >= 11 is 3.24. The summed E-state index contributed by atoms with van der Waals surface area (Å²) in [6.07, 6.45) is 1.77. The first-order chi connectivity index (χ1) is 9.74. The molecule has 0 aliphatic heterocycles. The van der Waals surface area contributed by atoms with Gasteiger partial charge in [0.15, 0.2) is 0 Å². The number of anilines is 1. The molecule has 0 atom stereocenters. The number of sulfonamides is 1. The first kappa shape index (κ1) is 18.4. The zero-order valence-electron chi connectivity index (χ0n) is 12.8. The second-order valence-corrected chi connectivity index (χ2v) is 7.98. The minimum Gasteiger partial charge on any atom is -0.398 e. The van der Waals surface area contributed by atoms with E-state index in [1.54, 1.807) is 6.07 Å². The molecular weight excluding hydrogens is 354 g/mol. The predicted octanol–water partition coefficient (Wildman–Crippen LogP) is 2.43. The second-order valence-electron chi connectivity index (χ2n) is 5.36. The summed E-state index contributed by atoms with van der Waals surface area (Å²) in [6.45, 7) is 5.69. The van der Waals surface area contributed by atoms with Gasteiger partial charge in [-0.25, -0.2) is 13.1 Å². The van der Waals surface area contributed by atoms with Crippen molar-refractivity contribution in [1.29, 1.82) is 0 Å². The topological polar surface area (TPSA) is 75.4 Å². The van der Waals surface area contributed by atoms with Crippen LogP contribution in [0.25, 0.3) is 0 Å². The number of hydrogen-bond acceptors (Lipinski definition) is 4. The molecule has 1 aromatic rings. The first-order valence-corrected chi connectivity index (χ1v) is 9.26. The molecule has 0 amide bonds. The molecule has 0 saturated heterocycles. The number of nitrogens with two attached hydrogens (primary N) is 1. The van der Waals surface area contributed by atoms with Gasteiger partial charge in [0.1, 0.15) is 0 Å². The monoisotopic (exact) mass is 377 g/mol. The maximum Gasteiger partial charge on any atom is 0.240 e. The summed E-state index contributed by atoms with van der Waals surface area (Å²) in [5.74, 6) is 0. The Bertz CT molecular complexity index is 561. The molecule has 0 bridgehead atoms. The summed E-state index contributed by atoms with van der Waals surface area (Å²) in [7, 11) is -1.40. The van der Waals surface area contributed by atoms with E-state index in [1.165, 1.54) is 12.1 Å². The molecule has 0 radical (unpaired) electrons. The maximum atomic E-state index is 12.1. The quantitative estimate of drug-likeness (QED) is 0.538. The molecular formula is C14H24BrN3O2S. The van der Waals surface area contributed by atoms with Crippen LogP contribution in [0, 0.1) is 0 Å². The van der Waals surface area contributed by atoms with E-state index < -0.39 is 10.0 Å². The van der Waals surface area contributed by atoms with Gasteiger partial charge in [0.05, 0.1) is 4.90 Å². The Morgan fingerprint density at radius 3 is 2.57 bits per heavy atom. The summed E-state index contributed by atoms with van der Waals surface area (Å²) in [5, 5.41) is 0. The number of rotatable bonds is 8. The predicted molar refractivity (Wildman–Crippen MR) is 90.7 cm³/mol. The molecule has 0 aliphatic carbocycles. The van der Waals surface area contributed by atoms with Gasteiger partial charge in [0, 0.05) is 22.7 Å². The Kier molecular flexibility index (Phi) is 7.12. The highest BCUT2D eigenvalue weighted by molar-refractivity contribution is 9.10. The van der Waals surface area contributed by atoms with Crippen molar-refractivity contribution in [2.75, 3.05) is 25.9 Å². The third-order valence-electron chi connectivity index (χ3n) is 3.39. The van der Waals surface area contributed by atoms with Crippen molar-refractivity contribution in [2.24, 2.45) is 0 Å². The highest BCUT2D eigenvalue weighted by Crippen LogP contribution is 2.22. The number of nitrogens with zero attached hydrogens (tertiary/aromatic N) is 1. The zero-order valence-corrected chi connectivity index (χ0v) is 15.2. The lowest BCUT2D eigenvalue weighted by atomic mass is 10.2. The van der Waals surface area contributed by atoms with Crippen LogP contribution in [0.3, 0.4) is 0 Å². The fourth-order valence-corrected chi connectivity index (χ4v) is 3.34. The summed E-state index contributed by atoms with van der Waals surface area (Å²) in [4.78, 5) is 2.47. The van der Waals surface area contributed by atoms with Gasteiger partial charge in [-0.15, -0.1) is 0 Å². The summed E-state index contributed by atoms with van der Waals surface area (Å²) < 4.78 is 27.4. The lowest BCUT2D eigenvalue weighted by Crippen LogP contribution is -2.29. The molecule has 7 heteroatoms. The number of nitrogen functional groups attached to an aromatic ring is 1. The number of halogens is 1. The molecule has 0 heterocycles. The summed E-state index contributed by atoms with van der Waals surface area (Å²) in [6, 6.07) is 5.11. The number of benzene rings is 1. The van der Waals surface area contributed by atoms with Gasteiger partial charge >= 0.3 is 0 Å². The number of hydrogen-bond donors (Lipinski definition) is 2. The average molecular weight is 378 g/mol. The fraction of sp³-hybridized carbons (Fsp3) is 0.571. The fourth-order valence-electron chi connectivity index (χ4n) is 1.71. The molecule has 1 rings (SSSR count). The smallest absolute Gasteiger partial charge is 0.240 e. The van der Waals surface area contributed by atoms with E-state index in [9.17, 15) is 8.42 Å². The molecule has 0 aliphatic rings. The van der Waals surface area contributed by atoms with E-state index in [-0.39, 0.29) is 4.90 Å². The average Bonchev–Trinajstić information content (AvgIpc) is 2.40. The molecule has 0 saturated carbocycles. The van der Waals surface area contributed by atoms with Crippen LogP contribution in [0.1, 0.15) is 26.7 Å². The maximum absolute atomic E-state index is 12.1. The van der Waals surface area contributed by atoms with Crippen LogP contribution in [0.2, 0.25) is 0 Å². The lowest BCUT2D eigenvalue weighted by Gasteiger charge is -2.20. The van der Waals surface area contributed by atoms with Crippen molar-refractivity contribution in [3.05, 3.63) is 22.7 Å². The van der Waals surface area contributed by atoms with E-state index in [0.717, 1.165) is 19.4 Å². The van der Waals surface area contributed by atoms with Gasteiger partial charge in [-0.2, -0.15) is 0 Å². The van der Waals surface area contributed by atoms with Gasteiger partial charge in [0.2, 0.25) is 10.0 Å². The molecule has 1 aromatic carbocycles. The van der Waals surface area contributed by atoms with Crippen molar-refractivity contribution < 1.29 is 8.42 Å². The first-order valence-electron chi connectivity index (χ1n) is 6.99. The van der Waals surface area contributed by atoms with E-state index in [4.69, 9.17) is 5.73 Å². The molecule has 3 N–H and O–H groups in total.